The standard InChI is InChI=1S/C12H18BrNOS/c1-9(11-5-6-12(13)16-11)14-8-10-4-2-3-7-15-10/h5-6,9-10,14H,2-4,7-8H2,1H3. The van der Waals surface area contributed by atoms with Crippen LogP contribution in [0.2, 0.25) is 0 Å². The fourth-order valence-corrected chi connectivity index (χ4v) is 3.39. The van der Waals surface area contributed by atoms with E-state index >= 15 is 0 Å². The van der Waals surface area contributed by atoms with Crippen LogP contribution in [0.3, 0.4) is 0 Å². The maximum absolute atomic E-state index is 5.70. The van der Waals surface area contributed by atoms with Crippen molar-refractivity contribution in [3.05, 3.63) is 20.8 Å². The van der Waals surface area contributed by atoms with E-state index in [4.69, 9.17) is 4.74 Å². The van der Waals surface area contributed by atoms with Gasteiger partial charge in [-0.05, 0) is 54.2 Å². The van der Waals surface area contributed by atoms with E-state index in [1.54, 1.807) is 11.3 Å². The molecule has 0 spiro atoms. The highest BCUT2D eigenvalue weighted by Crippen LogP contribution is 2.27. The second-order valence-corrected chi connectivity index (χ2v) is 6.75. The average molecular weight is 304 g/mol. The molecule has 1 aromatic heterocycles. The third kappa shape index (κ3) is 3.55. The molecule has 0 radical (unpaired) electrons. The maximum Gasteiger partial charge on any atom is 0.0701 e. The highest BCUT2D eigenvalue weighted by molar-refractivity contribution is 9.11. The Morgan fingerprint density at radius 2 is 2.44 bits per heavy atom. The fourth-order valence-electron chi connectivity index (χ4n) is 1.94. The summed E-state index contributed by atoms with van der Waals surface area (Å²) >= 11 is 5.29. The van der Waals surface area contributed by atoms with Crippen LogP contribution in [0, 0.1) is 0 Å². The van der Waals surface area contributed by atoms with E-state index in [-0.39, 0.29) is 0 Å². The Morgan fingerprint density at radius 3 is 3.06 bits per heavy atom. The molecule has 0 aliphatic carbocycles. The Morgan fingerprint density at radius 1 is 1.56 bits per heavy atom. The van der Waals surface area contributed by atoms with Gasteiger partial charge in [0.1, 0.15) is 0 Å². The summed E-state index contributed by atoms with van der Waals surface area (Å²) in [4.78, 5) is 1.38. The minimum absolute atomic E-state index is 0.416. The van der Waals surface area contributed by atoms with Crippen molar-refractivity contribution < 1.29 is 4.74 Å². The van der Waals surface area contributed by atoms with Crippen molar-refractivity contribution in [2.75, 3.05) is 13.2 Å². The summed E-state index contributed by atoms with van der Waals surface area (Å²) in [6.45, 7) is 4.11. The number of thiophene rings is 1. The lowest BCUT2D eigenvalue weighted by Crippen LogP contribution is -2.33. The Balaban J connectivity index is 1.76. The van der Waals surface area contributed by atoms with Gasteiger partial charge in [0, 0.05) is 24.1 Å². The van der Waals surface area contributed by atoms with E-state index in [0.717, 1.165) is 13.2 Å². The summed E-state index contributed by atoms with van der Waals surface area (Å²) < 4.78 is 6.90. The number of rotatable bonds is 4. The van der Waals surface area contributed by atoms with Gasteiger partial charge >= 0.3 is 0 Å². The Hall–Kier alpha value is 0.1000. The average Bonchev–Trinajstić information content (AvgIpc) is 2.74. The van der Waals surface area contributed by atoms with Gasteiger partial charge in [0.15, 0.2) is 0 Å². The molecule has 16 heavy (non-hydrogen) atoms. The second-order valence-electron chi connectivity index (χ2n) is 4.26. The maximum atomic E-state index is 5.70. The van der Waals surface area contributed by atoms with Crippen LogP contribution in [0.15, 0.2) is 15.9 Å². The summed E-state index contributed by atoms with van der Waals surface area (Å²) in [5, 5.41) is 3.55. The quantitative estimate of drug-likeness (QED) is 0.915. The lowest BCUT2D eigenvalue weighted by molar-refractivity contribution is 0.0157. The highest BCUT2D eigenvalue weighted by Gasteiger charge is 2.15. The van der Waals surface area contributed by atoms with E-state index in [1.165, 1.54) is 27.9 Å². The molecule has 1 aromatic rings. The van der Waals surface area contributed by atoms with E-state index < -0.39 is 0 Å². The van der Waals surface area contributed by atoms with Gasteiger partial charge in [-0.2, -0.15) is 0 Å². The second kappa shape index (κ2) is 6.15. The normalized spacial score (nSPS) is 23.2. The summed E-state index contributed by atoms with van der Waals surface area (Å²) in [5.41, 5.74) is 0. The molecule has 2 nitrogen and oxygen atoms in total. The molecular formula is C12H18BrNOS. The van der Waals surface area contributed by atoms with Crippen molar-refractivity contribution in [2.24, 2.45) is 0 Å². The van der Waals surface area contributed by atoms with E-state index in [0.29, 0.717) is 12.1 Å². The summed E-state index contributed by atoms with van der Waals surface area (Å²) in [6, 6.07) is 4.70. The SMILES string of the molecule is CC(NCC1CCCCO1)c1ccc(Br)s1. The molecule has 1 N–H and O–H groups in total. The minimum atomic E-state index is 0.416. The monoisotopic (exact) mass is 303 g/mol. The first-order valence-electron chi connectivity index (χ1n) is 5.86. The molecule has 0 saturated carbocycles. The van der Waals surface area contributed by atoms with Crippen LogP contribution in [0.4, 0.5) is 0 Å². The number of nitrogens with one attached hydrogen (secondary N) is 1. The molecular weight excluding hydrogens is 286 g/mol. The van der Waals surface area contributed by atoms with Gasteiger partial charge in [0.05, 0.1) is 9.89 Å². The zero-order chi connectivity index (χ0) is 11.4. The van der Waals surface area contributed by atoms with Crippen LogP contribution in [0.5, 0.6) is 0 Å². The number of hydrogen-bond acceptors (Lipinski definition) is 3. The van der Waals surface area contributed by atoms with Gasteiger partial charge in [-0.15, -0.1) is 11.3 Å². The lowest BCUT2D eigenvalue weighted by atomic mass is 10.1. The van der Waals surface area contributed by atoms with E-state index in [9.17, 15) is 0 Å². The zero-order valence-electron chi connectivity index (χ0n) is 9.54. The van der Waals surface area contributed by atoms with Crippen molar-refractivity contribution in [3.63, 3.8) is 0 Å². The predicted molar refractivity (Wildman–Crippen MR) is 72.0 cm³/mol. The smallest absolute Gasteiger partial charge is 0.0701 e. The van der Waals surface area contributed by atoms with Gasteiger partial charge in [-0.25, -0.2) is 0 Å². The predicted octanol–water partition coefficient (Wildman–Crippen LogP) is 3.73. The van der Waals surface area contributed by atoms with E-state index in [1.807, 2.05) is 0 Å². The first-order chi connectivity index (χ1) is 7.75. The van der Waals surface area contributed by atoms with Crippen LogP contribution in [-0.4, -0.2) is 19.3 Å². The van der Waals surface area contributed by atoms with Crippen molar-refractivity contribution in [2.45, 2.75) is 38.3 Å². The number of halogens is 1. The Kier molecular flexibility index (Phi) is 4.82. The zero-order valence-corrected chi connectivity index (χ0v) is 11.9. The molecule has 2 atom stereocenters. The number of hydrogen-bond donors (Lipinski definition) is 1. The van der Waals surface area contributed by atoms with Crippen molar-refractivity contribution in [1.29, 1.82) is 0 Å². The molecule has 0 bridgehead atoms. The van der Waals surface area contributed by atoms with Gasteiger partial charge in [0.25, 0.3) is 0 Å². The van der Waals surface area contributed by atoms with E-state index in [2.05, 4.69) is 40.3 Å². The largest absolute Gasteiger partial charge is 0.377 e. The first-order valence-corrected chi connectivity index (χ1v) is 7.47. The minimum Gasteiger partial charge on any atom is -0.377 e. The molecule has 4 heteroatoms. The van der Waals surface area contributed by atoms with Crippen LogP contribution >= 0.6 is 27.3 Å². The van der Waals surface area contributed by atoms with Gasteiger partial charge < -0.3 is 10.1 Å². The molecule has 90 valence electrons. The summed E-state index contributed by atoms with van der Waals surface area (Å²) in [7, 11) is 0. The van der Waals surface area contributed by atoms with Crippen LogP contribution in [0.25, 0.3) is 0 Å². The summed E-state index contributed by atoms with van der Waals surface area (Å²) in [5.74, 6) is 0. The topological polar surface area (TPSA) is 21.3 Å². The third-order valence-electron chi connectivity index (χ3n) is 2.95. The molecule has 0 aromatic carbocycles. The Bertz CT molecular complexity index is 323. The molecule has 1 fully saturated rings. The molecule has 2 unspecified atom stereocenters. The number of ether oxygens (including phenoxy) is 1. The van der Waals surface area contributed by atoms with Crippen LogP contribution in [-0.2, 0) is 4.74 Å². The fraction of sp³-hybridized carbons (Fsp3) is 0.667. The highest BCUT2D eigenvalue weighted by atomic mass is 79.9. The molecule has 0 amide bonds. The van der Waals surface area contributed by atoms with Crippen LogP contribution in [0.1, 0.15) is 37.1 Å². The van der Waals surface area contributed by atoms with Crippen LogP contribution < -0.4 is 5.32 Å². The molecule has 2 rings (SSSR count). The van der Waals surface area contributed by atoms with Crippen molar-refractivity contribution in [3.8, 4) is 0 Å². The van der Waals surface area contributed by atoms with Gasteiger partial charge in [-0.3, -0.25) is 0 Å². The Labute approximate surface area is 110 Å². The first kappa shape index (κ1) is 12.6. The summed E-state index contributed by atoms with van der Waals surface area (Å²) in [6.07, 6.45) is 4.16. The third-order valence-corrected chi connectivity index (χ3v) is 4.75. The van der Waals surface area contributed by atoms with Crippen molar-refractivity contribution in [1.82, 2.24) is 5.32 Å². The van der Waals surface area contributed by atoms with Gasteiger partial charge in [0.2, 0.25) is 0 Å². The van der Waals surface area contributed by atoms with Crippen molar-refractivity contribution >= 4 is 27.3 Å². The molecule has 2 heterocycles. The molecule has 1 saturated heterocycles. The molecule has 1 aliphatic heterocycles. The van der Waals surface area contributed by atoms with Gasteiger partial charge in [-0.1, -0.05) is 0 Å². The molecule has 1 aliphatic rings. The lowest BCUT2D eigenvalue weighted by Gasteiger charge is -2.24.